The van der Waals surface area contributed by atoms with Gasteiger partial charge < -0.3 is 25.4 Å². The van der Waals surface area contributed by atoms with E-state index in [9.17, 15) is 4.79 Å². The first-order valence-electron chi connectivity index (χ1n) is 10.4. The Morgan fingerprint density at radius 1 is 1.17 bits per heavy atom. The zero-order valence-corrected chi connectivity index (χ0v) is 18.6. The van der Waals surface area contributed by atoms with Crippen LogP contribution in [0.25, 0.3) is 10.9 Å². The Labute approximate surface area is 178 Å². The Bertz CT molecular complexity index is 902. The number of methoxy groups -OCH3 is 2. The highest BCUT2D eigenvalue weighted by Crippen LogP contribution is 2.34. The molecule has 0 spiro atoms. The zero-order valence-electron chi connectivity index (χ0n) is 18.6. The number of nitrogens with one attached hydrogen (secondary N) is 1. The Balaban J connectivity index is 1.66. The van der Waals surface area contributed by atoms with Gasteiger partial charge in [-0.2, -0.15) is 4.98 Å². The van der Waals surface area contributed by atoms with E-state index in [2.05, 4.69) is 36.0 Å². The molecule has 2 heterocycles. The van der Waals surface area contributed by atoms with Crippen molar-refractivity contribution in [3.05, 3.63) is 12.1 Å². The number of carbonyl (C=O) groups excluding carboxylic acids is 1. The topological polar surface area (TPSA) is 103 Å². The highest BCUT2D eigenvalue weighted by Gasteiger charge is 2.24. The number of hydrogen-bond acceptors (Lipinski definition) is 7. The summed E-state index contributed by atoms with van der Waals surface area (Å²) < 4.78 is 10.7. The van der Waals surface area contributed by atoms with Gasteiger partial charge in [-0.25, -0.2) is 4.98 Å². The molecule has 3 N–H and O–H groups in total. The molecule has 1 aromatic carbocycles. The Hall–Kier alpha value is -2.77. The Morgan fingerprint density at radius 3 is 2.40 bits per heavy atom. The van der Waals surface area contributed by atoms with Gasteiger partial charge in [-0.3, -0.25) is 4.79 Å². The molecule has 2 aromatic rings. The Kier molecular flexibility index (Phi) is 6.53. The van der Waals surface area contributed by atoms with Crippen LogP contribution in [-0.2, 0) is 4.79 Å². The SMILES string of the molecule is COc1cc2nc(N3CCC(CC(=O)NCC(C)(C)C)CC3)nc(N)c2cc1OC. The second-order valence-electron chi connectivity index (χ2n) is 9.11. The summed E-state index contributed by atoms with van der Waals surface area (Å²) in [5.74, 6) is 2.74. The number of nitrogens with zero attached hydrogens (tertiary/aromatic N) is 3. The zero-order chi connectivity index (χ0) is 21.9. The van der Waals surface area contributed by atoms with E-state index in [0.717, 1.165) is 36.8 Å². The number of benzene rings is 1. The van der Waals surface area contributed by atoms with Crippen LogP contribution in [0.15, 0.2) is 12.1 Å². The van der Waals surface area contributed by atoms with Gasteiger partial charge >= 0.3 is 0 Å². The fourth-order valence-electron chi connectivity index (χ4n) is 3.64. The molecule has 3 rings (SSSR count). The van der Waals surface area contributed by atoms with E-state index in [4.69, 9.17) is 20.2 Å². The van der Waals surface area contributed by atoms with Gasteiger partial charge in [0, 0.05) is 37.5 Å². The molecule has 0 atom stereocenters. The van der Waals surface area contributed by atoms with Gasteiger partial charge in [-0.15, -0.1) is 0 Å². The fraction of sp³-hybridized carbons (Fsp3) is 0.591. The summed E-state index contributed by atoms with van der Waals surface area (Å²) >= 11 is 0. The van der Waals surface area contributed by atoms with E-state index in [0.29, 0.717) is 42.1 Å². The van der Waals surface area contributed by atoms with Crippen molar-refractivity contribution in [2.75, 3.05) is 44.5 Å². The third-order valence-corrected chi connectivity index (χ3v) is 5.41. The van der Waals surface area contributed by atoms with Crippen molar-refractivity contribution < 1.29 is 14.3 Å². The average Bonchev–Trinajstić information content (AvgIpc) is 2.71. The van der Waals surface area contributed by atoms with Crippen molar-refractivity contribution in [2.45, 2.75) is 40.0 Å². The summed E-state index contributed by atoms with van der Waals surface area (Å²) in [5, 5.41) is 3.78. The minimum atomic E-state index is 0.0963. The minimum Gasteiger partial charge on any atom is -0.493 e. The van der Waals surface area contributed by atoms with E-state index in [-0.39, 0.29) is 11.3 Å². The number of amides is 1. The number of nitrogens with two attached hydrogens (primary N) is 1. The second-order valence-corrected chi connectivity index (χ2v) is 9.11. The number of ether oxygens (including phenoxy) is 2. The number of piperidine rings is 1. The lowest BCUT2D eigenvalue weighted by molar-refractivity contribution is -0.122. The lowest BCUT2D eigenvalue weighted by Gasteiger charge is -2.32. The first-order chi connectivity index (χ1) is 14.2. The van der Waals surface area contributed by atoms with Crippen molar-refractivity contribution in [3.63, 3.8) is 0 Å². The quantitative estimate of drug-likeness (QED) is 0.747. The highest BCUT2D eigenvalue weighted by atomic mass is 16.5. The molecule has 0 bridgehead atoms. The van der Waals surface area contributed by atoms with Crippen LogP contribution in [0.4, 0.5) is 11.8 Å². The molecule has 1 aromatic heterocycles. The van der Waals surface area contributed by atoms with Crippen LogP contribution in [-0.4, -0.2) is 49.7 Å². The van der Waals surface area contributed by atoms with Crippen LogP contribution in [0.5, 0.6) is 11.5 Å². The maximum Gasteiger partial charge on any atom is 0.227 e. The molecule has 1 amide bonds. The molecule has 8 nitrogen and oxygen atoms in total. The smallest absolute Gasteiger partial charge is 0.227 e. The van der Waals surface area contributed by atoms with E-state index >= 15 is 0 Å². The summed E-state index contributed by atoms with van der Waals surface area (Å²) in [6.45, 7) is 8.65. The summed E-state index contributed by atoms with van der Waals surface area (Å²) in [6.07, 6.45) is 2.42. The van der Waals surface area contributed by atoms with Gasteiger partial charge in [0.2, 0.25) is 11.9 Å². The molecule has 1 saturated heterocycles. The molecule has 0 radical (unpaired) electrons. The van der Waals surface area contributed by atoms with Crippen LogP contribution in [0, 0.1) is 11.3 Å². The number of fused-ring (bicyclic) bond motifs is 1. The van der Waals surface area contributed by atoms with Gasteiger partial charge in [0.05, 0.1) is 19.7 Å². The number of rotatable bonds is 6. The van der Waals surface area contributed by atoms with Gasteiger partial charge in [-0.05, 0) is 30.2 Å². The third-order valence-electron chi connectivity index (χ3n) is 5.41. The first-order valence-corrected chi connectivity index (χ1v) is 10.4. The lowest BCUT2D eigenvalue weighted by Crippen LogP contribution is -2.38. The van der Waals surface area contributed by atoms with Crippen molar-refractivity contribution in [1.82, 2.24) is 15.3 Å². The summed E-state index contributed by atoms with van der Waals surface area (Å²) in [5.41, 5.74) is 7.03. The molecule has 0 saturated carbocycles. The van der Waals surface area contributed by atoms with Gasteiger partial charge in [-0.1, -0.05) is 20.8 Å². The summed E-state index contributed by atoms with van der Waals surface area (Å²) in [7, 11) is 3.18. The molecule has 164 valence electrons. The largest absolute Gasteiger partial charge is 0.493 e. The van der Waals surface area contributed by atoms with Crippen LogP contribution < -0.4 is 25.4 Å². The predicted molar refractivity (Wildman–Crippen MR) is 119 cm³/mol. The molecule has 30 heavy (non-hydrogen) atoms. The molecule has 0 unspecified atom stereocenters. The van der Waals surface area contributed by atoms with E-state index in [1.165, 1.54) is 0 Å². The second kappa shape index (κ2) is 8.93. The van der Waals surface area contributed by atoms with Crippen molar-refractivity contribution in [2.24, 2.45) is 11.3 Å². The fourth-order valence-corrected chi connectivity index (χ4v) is 3.64. The Morgan fingerprint density at radius 2 is 1.80 bits per heavy atom. The van der Waals surface area contributed by atoms with E-state index < -0.39 is 0 Å². The summed E-state index contributed by atoms with van der Waals surface area (Å²) in [6, 6.07) is 3.62. The van der Waals surface area contributed by atoms with Gasteiger partial charge in [0.25, 0.3) is 0 Å². The predicted octanol–water partition coefficient (Wildman–Crippen LogP) is 3.00. The molecule has 0 aliphatic carbocycles. The van der Waals surface area contributed by atoms with Gasteiger partial charge in [0.15, 0.2) is 11.5 Å². The van der Waals surface area contributed by atoms with E-state index in [1.807, 2.05) is 6.07 Å². The van der Waals surface area contributed by atoms with Crippen molar-refractivity contribution in [1.29, 1.82) is 0 Å². The standard InChI is InChI=1S/C22H33N5O3/c1-22(2,3)13-24-19(28)10-14-6-8-27(9-7-14)21-25-16-12-18(30-5)17(29-4)11-15(16)20(23)26-21/h11-12,14H,6-10,13H2,1-5H3,(H,24,28)(H2,23,25,26). The average molecular weight is 416 g/mol. The molecule has 1 fully saturated rings. The molecule has 1 aliphatic rings. The maximum absolute atomic E-state index is 12.2. The van der Waals surface area contributed by atoms with Crippen LogP contribution in [0.1, 0.15) is 40.0 Å². The number of hydrogen-bond donors (Lipinski definition) is 2. The van der Waals surface area contributed by atoms with Crippen LogP contribution >= 0.6 is 0 Å². The van der Waals surface area contributed by atoms with Crippen molar-refractivity contribution >= 4 is 28.6 Å². The van der Waals surface area contributed by atoms with Crippen LogP contribution in [0.3, 0.4) is 0 Å². The number of carbonyl (C=O) groups is 1. The third kappa shape index (κ3) is 5.23. The normalized spacial score (nSPS) is 15.3. The number of aromatic nitrogens is 2. The monoisotopic (exact) mass is 415 g/mol. The summed E-state index contributed by atoms with van der Waals surface area (Å²) in [4.78, 5) is 23.6. The molecular formula is C22H33N5O3. The van der Waals surface area contributed by atoms with E-state index in [1.54, 1.807) is 20.3 Å². The van der Waals surface area contributed by atoms with Crippen molar-refractivity contribution in [3.8, 4) is 11.5 Å². The first kappa shape index (κ1) is 21.9. The molecular weight excluding hydrogens is 382 g/mol. The minimum absolute atomic E-state index is 0.0963. The van der Waals surface area contributed by atoms with Gasteiger partial charge in [0.1, 0.15) is 5.82 Å². The molecule has 8 heteroatoms. The lowest BCUT2D eigenvalue weighted by atomic mass is 9.92. The number of anilines is 2. The number of nitrogen functional groups attached to an aromatic ring is 1. The highest BCUT2D eigenvalue weighted by molar-refractivity contribution is 5.91. The van der Waals surface area contributed by atoms with Crippen LogP contribution in [0.2, 0.25) is 0 Å². The molecule has 1 aliphatic heterocycles. The maximum atomic E-state index is 12.2.